The van der Waals surface area contributed by atoms with Crippen LogP contribution in [0, 0.1) is 0 Å². The predicted molar refractivity (Wildman–Crippen MR) is 460 cm³/mol. The third kappa shape index (κ3) is 6.96. The molecule has 0 saturated heterocycles. The summed E-state index contributed by atoms with van der Waals surface area (Å²) < 4.78 is 0. The molecule has 0 unspecified atom stereocenters. The molecular formula is C106H56. The molecule has 26 aromatic rings. The zero-order chi connectivity index (χ0) is 68.5. The van der Waals surface area contributed by atoms with Gasteiger partial charge < -0.3 is 0 Å². The van der Waals surface area contributed by atoms with Gasteiger partial charge in [0.05, 0.1) is 0 Å². The van der Waals surface area contributed by atoms with Gasteiger partial charge in [-0.05, 0) is 277 Å². The molecule has 0 N–H and O–H groups in total. The zero-order valence-electron chi connectivity index (χ0n) is 57.3. The number of fused-ring (bicyclic) bond motifs is 10. The Morgan fingerprint density at radius 3 is 0.462 bits per heavy atom. The molecule has 0 amide bonds. The van der Waals surface area contributed by atoms with Gasteiger partial charge in [-0.15, -0.1) is 0 Å². The van der Waals surface area contributed by atoms with E-state index in [2.05, 4.69) is 340 Å². The lowest BCUT2D eigenvalue weighted by molar-refractivity contribution is 1.59. The summed E-state index contributed by atoms with van der Waals surface area (Å²) in [4.78, 5) is 0. The van der Waals surface area contributed by atoms with E-state index in [-0.39, 0.29) is 0 Å². The van der Waals surface area contributed by atoms with E-state index >= 15 is 0 Å². The van der Waals surface area contributed by atoms with Crippen molar-refractivity contribution < 1.29 is 0 Å². The number of benzene rings is 26. The fourth-order valence-corrected chi connectivity index (χ4v) is 21.3. The standard InChI is InChI=1S/C106H56/c1-16-57-21-6-31-71-84-48-46-62(64-36-11-38-76(99(64)84)66(26-1)94(57)71)92-56-93(63-47-49-85-72-32-7-22-58-17-2-27-67(95(58)72)77-39-12-37-65(63)100(77)85)105(90-54-51-87-74-34-9-24-60-19-4-29-69(97(60)74)79-41-14-44-82(90)102(79)87)106(91-55-52-88-75-35-10-25-61-20-5-30-70(98(61)75)80-42-15-45-83(91)103(80)88)104(92)89-53-50-86-73-33-8-23-59-18-3-28-68(96(59)73)78-40-13-43-81(89)101(78)86/h1-56H. The van der Waals surface area contributed by atoms with E-state index in [1.54, 1.807) is 0 Å². The SMILES string of the molecule is c1cc2cccc3c4ccc(-c5cc(-c6ccc7c8cccc9cccc(c%10cccc6c%107)c98)c(-c6ccc7c8cccc9cccc(c%10cccc6c%107)c98)c(-c6ccc7c8cccc9cccc(c%10cccc6c%107)c98)c5-c5ccc6c7cccc8cccc(c9cccc5c96)c87)c5cccc(c(c1)c23)c54. The zero-order valence-corrected chi connectivity index (χ0v) is 57.3. The summed E-state index contributed by atoms with van der Waals surface area (Å²) in [6.45, 7) is 0. The lowest BCUT2D eigenvalue weighted by Crippen LogP contribution is -2.01. The van der Waals surface area contributed by atoms with Crippen LogP contribution in [0.5, 0.6) is 0 Å². The molecule has 26 aromatic carbocycles. The Bertz CT molecular complexity index is 7790. The second-order valence-corrected chi connectivity index (χ2v) is 30.1. The number of hydrogen-bond acceptors (Lipinski definition) is 0. The minimum Gasteiger partial charge on any atom is -0.0610 e. The van der Waals surface area contributed by atoms with Gasteiger partial charge in [0.2, 0.25) is 0 Å². The predicted octanol–water partition coefficient (Wildman–Crippen LogP) is 30.3. The third-order valence-corrected chi connectivity index (χ3v) is 25.3. The molecule has 0 spiro atoms. The summed E-state index contributed by atoms with van der Waals surface area (Å²) in [5, 5.41) is 50.9. The highest BCUT2D eigenvalue weighted by atomic mass is 14.3. The molecule has 480 valence electrons. The quantitative estimate of drug-likeness (QED) is 0.119. The molecule has 0 radical (unpaired) electrons. The Morgan fingerprint density at radius 2 is 0.245 bits per heavy atom. The molecule has 0 aromatic heterocycles. The van der Waals surface area contributed by atoms with Crippen molar-refractivity contribution in [1.82, 2.24) is 0 Å². The Morgan fingerprint density at radius 1 is 0.0943 bits per heavy atom. The highest BCUT2D eigenvalue weighted by molar-refractivity contribution is 6.42. The molecular weight excluding hydrogens is 1270 g/mol. The van der Waals surface area contributed by atoms with Crippen LogP contribution in [0.15, 0.2) is 340 Å². The summed E-state index contributed by atoms with van der Waals surface area (Å²) >= 11 is 0. The first kappa shape index (κ1) is 55.8. The van der Waals surface area contributed by atoms with Gasteiger partial charge in [0.25, 0.3) is 0 Å². The van der Waals surface area contributed by atoms with Gasteiger partial charge >= 0.3 is 0 Å². The lowest BCUT2D eigenvalue weighted by atomic mass is 9.74. The van der Waals surface area contributed by atoms with Crippen molar-refractivity contribution in [3.8, 4) is 55.6 Å². The molecule has 0 bridgehead atoms. The Labute approximate surface area is 606 Å². The molecule has 0 aliphatic heterocycles. The molecule has 0 atom stereocenters. The van der Waals surface area contributed by atoms with Gasteiger partial charge in [-0.2, -0.15) is 0 Å². The molecule has 0 nitrogen and oxygen atoms in total. The van der Waals surface area contributed by atoms with Crippen molar-refractivity contribution in [3.05, 3.63) is 340 Å². The van der Waals surface area contributed by atoms with Gasteiger partial charge in [-0.25, -0.2) is 0 Å². The van der Waals surface area contributed by atoms with Crippen LogP contribution in [-0.2, 0) is 0 Å². The molecule has 0 heteroatoms. The average Bonchev–Trinajstić information content (AvgIpc) is 0.702. The average molecular weight is 1330 g/mol. The van der Waals surface area contributed by atoms with Crippen molar-refractivity contribution in [1.29, 1.82) is 0 Å². The van der Waals surface area contributed by atoms with Crippen molar-refractivity contribution in [2.75, 3.05) is 0 Å². The molecule has 0 fully saturated rings. The van der Waals surface area contributed by atoms with E-state index in [1.165, 1.54) is 271 Å². The van der Waals surface area contributed by atoms with Gasteiger partial charge in [0.1, 0.15) is 0 Å². The second-order valence-electron chi connectivity index (χ2n) is 30.1. The fourth-order valence-electron chi connectivity index (χ4n) is 21.3. The minimum absolute atomic E-state index is 1.18. The molecule has 0 aliphatic rings. The Kier molecular flexibility index (Phi) is 10.6. The maximum absolute atomic E-state index is 2.69. The van der Waals surface area contributed by atoms with Crippen LogP contribution in [0.25, 0.3) is 271 Å². The van der Waals surface area contributed by atoms with Gasteiger partial charge in [0, 0.05) is 0 Å². The Hall–Kier alpha value is -13.8. The van der Waals surface area contributed by atoms with Crippen molar-refractivity contribution in [2.24, 2.45) is 0 Å². The van der Waals surface area contributed by atoms with E-state index < -0.39 is 0 Å². The summed E-state index contributed by atoms with van der Waals surface area (Å²) in [5.41, 5.74) is 12.0. The summed E-state index contributed by atoms with van der Waals surface area (Å²) in [5.74, 6) is 0. The largest absolute Gasteiger partial charge is 0.0610 e. The molecule has 0 aliphatic carbocycles. The van der Waals surface area contributed by atoms with E-state index in [0.29, 0.717) is 0 Å². The van der Waals surface area contributed by atoms with Gasteiger partial charge in [0.15, 0.2) is 0 Å². The number of hydrogen-bond donors (Lipinski definition) is 0. The van der Waals surface area contributed by atoms with Gasteiger partial charge in [-0.3, -0.25) is 0 Å². The van der Waals surface area contributed by atoms with Crippen LogP contribution in [0.3, 0.4) is 0 Å². The smallest absolute Gasteiger partial charge is 0.000762 e. The maximum atomic E-state index is 2.69. The normalized spacial score (nSPS) is 12.7. The van der Waals surface area contributed by atoms with E-state index in [4.69, 9.17) is 0 Å². The first-order valence-electron chi connectivity index (χ1n) is 37.3. The summed E-state index contributed by atoms with van der Waals surface area (Å²) in [6.07, 6.45) is 0. The van der Waals surface area contributed by atoms with Crippen LogP contribution < -0.4 is 0 Å². The molecule has 106 heavy (non-hydrogen) atoms. The van der Waals surface area contributed by atoms with Crippen molar-refractivity contribution in [2.45, 2.75) is 0 Å². The van der Waals surface area contributed by atoms with Crippen molar-refractivity contribution in [3.63, 3.8) is 0 Å². The minimum atomic E-state index is 1.18. The first-order valence-corrected chi connectivity index (χ1v) is 37.3. The van der Waals surface area contributed by atoms with Crippen LogP contribution in [0.1, 0.15) is 0 Å². The molecule has 26 rings (SSSR count). The molecule has 0 saturated carbocycles. The highest BCUT2D eigenvalue weighted by Gasteiger charge is 2.32. The second kappa shape index (κ2) is 20.1. The number of rotatable bonds is 5. The topological polar surface area (TPSA) is 0 Å². The lowest BCUT2D eigenvalue weighted by Gasteiger charge is -2.29. The van der Waals surface area contributed by atoms with Crippen LogP contribution in [-0.4, -0.2) is 0 Å². The van der Waals surface area contributed by atoms with Crippen LogP contribution in [0.4, 0.5) is 0 Å². The third-order valence-electron chi connectivity index (χ3n) is 25.3. The highest BCUT2D eigenvalue weighted by Crippen LogP contribution is 2.60. The summed E-state index contributed by atoms with van der Waals surface area (Å²) in [6, 6.07) is 132. The van der Waals surface area contributed by atoms with E-state index in [1.807, 2.05) is 0 Å². The van der Waals surface area contributed by atoms with E-state index in [0.717, 1.165) is 0 Å². The van der Waals surface area contributed by atoms with E-state index in [9.17, 15) is 0 Å². The van der Waals surface area contributed by atoms with Gasteiger partial charge in [-0.1, -0.05) is 334 Å². The van der Waals surface area contributed by atoms with Crippen LogP contribution >= 0.6 is 0 Å². The fraction of sp³-hybridized carbons (Fsp3) is 0. The van der Waals surface area contributed by atoms with Crippen molar-refractivity contribution >= 4 is 215 Å². The monoisotopic (exact) mass is 1330 g/mol. The maximum Gasteiger partial charge on any atom is -0.000762 e. The summed E-state index contributed by atoms with van der Waals surface area (Å²) in [7, 11) is 0. The van der Waals surface area contributed by atoms with Crippen LogP contribution in [0.2, 0.25) is 0 Å². The first-order chi connectivity index (χ1) is 52.6. The Balaban J connectivity index is 0.932. The molecule has 0 heterocycles.